The largest absolute Gasteiger partial charge is 0.379 e. The van der Waals surface area contributed by atoms with Crippen LogP contribution in [0, 0.1) is 0 Å². The van der Waals surface area contributed by atoms with E-state index in [-0.39, 0.29) is 29.9 Å². The Bertz CT molecular complexity index is 851. The van der Waals surface area contributed by atoms with Crippen molar-refractivity contribution in [2.45, 2.75) is 26.3 Å². The van der Waals surface area contributed by atoms with Crippen molar-refractivity contribution in [1.29, 1.82) is 0 Å². The number of amides is 1. The fourth-order valence-electron chi connectivity index (χ4n) is 3.24. The second-order valence-electron chi connectivity index (χ2n) is 7.33. The standard InChI is InChI=1S/C23H31N5O2.HI/c1-2-18-6-8-20(9-7-18)27-23(24)25-17-19-4-3-5-21(16-19)26-22(29)10-11-28-12-14-30-15-13-28;/h3-9,16H,2,10-15,17H2,1H3,(H,26,29)(H3,24,25,27);1H. The first-order valence-corrected chi connectivity index (χ1v) is 10.5. The highest BCUT2D eigenvalue weighted by Gasteiger charge is 2.12. The van der Waals surface area contributed by atoms with Gasteiger partial charge in [-0.15, -0.1) is 24.0 Å². The second kappa shape index (κ2) is 13.3. The van der Waals surface area contributed by atoms with Gasteiger partial charge in [-0.05, 0) is 41.8 Å². The number of carbonyl (C=O) groups excluding carboxylic acids is 1. The Morgan fingerprint density at radius 2 is 1.81 bits per heavy atom. The maximum atomic E-state index is 12.3. The number of morpholine rings is 1. The van der Waals surface area contributed by atoms with E-state index in [0.717, 1.165) is 56.2 Å². The third-order valence-corrected chi connectivity index (χ3v) is 5.04. The molecular weight excluding hydrogens is 505 g/mol. The number of ether oxygens (including phenoxy) is 1. The SMILES string of the molecule is CCc1ccc(NC(N)=NCc2cccc(NC(=O)CCN3CCOCC3)c2)cc1.I. The number of aliphatic imine (C=N–C) groups is 1. The molecule has 1 amide bonds. The van der Waals surface area contributed by atoms with Crippen molar-refractivity contribution in [1.82, 2.24) is 4.90 Å². The van der Waals surface area contributed by atoms with Gasteiger partial charge >= 0.3 is 0 Å². The van der Waals surface area contributed by atoms with Gasteiger partial charge in [0.05, 0.1) is 19.8 Å². The quantitative estimate of drug-likeness (QED) is 0.273. The fourth-order valence-corrected chi connectivity index (χ4v) is 3.24. The average Bonchev–Trinajstić information content (AvgIpc) is 2.78. The van der Waals surface area contributed by atoms with E-state index >= 15 is 0 Å². The summed E-state index contributed by atoms with van der Waals surface area (Å²) in [6, 6.07) is 15.8. The highest BCUT2D eigenvalue weighted by molar-refractivity contribution is 14.0. The lowest BCUT2D eigenvalue weighted by Gasteiger charge is -2.26. The van der Waals surface area contributed by atoms with Crippen molar-refractivity contribution < 1.29 is 9.53 Å². The van der Waals surface area contributed by atoms with Crippen LogP contribution in [0.2, 0.25) is 0 Å². The number of benzene rings is 2. The molecule has 0 aliphatic carbocycles. The molecule has 31 heavy (non-hydrogen) atoms. The number of nitrogens with two attached hydrogens (primary N) is 1. The molecule has 1 fully saturated rings. The molecule has 0 aromatic heterocycles. The van der Waals surface area contributed by atoms with Gasteiger partial charge in [0, 0.05) is 37.4 Å². The van der Waals surface area contributed by atoms with E-state index in [1.54, 1.807) is 0 Å². The molecule has 8 heteroatoms. The van der Waals surface area contributed by atoms with Gasteiger partial charge in [0.25, 0.3) is 0 Å². The van der Waals surface area contributed by atoms with Crippen molar-refractivity contribution in [2.24, 2.45) is 10.7 Å². The van der Waals surface area contributed by atoms with Crippen molar-refractivity contribution in [3.8, 4) is 0 Å². The summed E-state index contributed by atoms with van der Waals surface area (Å²) in [5.74, 6) is 0.373. The van der Waals surface area contributed by atoms with Gasteiger partial charge in [0.2, 0.25) is 5.91 Å². The average molecular weight is 537 g/mol. The van der Waals surface area contributed by atoms with E-state index in [2.05, 4.69) is 39.6 Å². The summed E-state index contributed by atoms with van der Waals surface area (Å²) >= 11 is 0. The van der Waals surface area contributed by atoms with Gasteiger partial charge in [0.15, 0.2) is 5.96 Å². The molecule has 4 N–H and O–H groups in total. The molecular formula is C23H32IN5O2. The third-order valence-electron chi connectivity index (χ3n) is 5.04. The van der Waals surface area contributed by atoms with Crippen LogP contribution in [0.5, 0.6) is 0 Å². The first kappa shape index (κ1) is 25.1. The third kappa shape index (κ3) is 8.84. The van der Waals surface area contributed by atoms with Crippen LogP contribution in [0.4, 0.5) is 11.4 Å². The smallest absolute Gasteiger partial charge is 0.225 e. The molecule has 7 nitrogen and oxygen atoms in total. The predicted molar refractivity (Wildman–Crippen MR) is 137 cm³/mol. The van der Waals surface area contributed by atoms with Gasteiger partial charge in [-0.2, -0.15) is 0 Å². The summed E-state index contributed by atoms with van der Waals surface area (Å²) in [5, 5.41) is 6.07. The lowest BCUT2D eigenvalue weighted by Crippen LogP contribution is -2.38. The zero-order chi connectivity index (χ0) is 21.2. The highest BCUT2D eigenvalue weighted by atomic mass is 127. The molecule has 2 aromatic carbocycles. The number of rotatable bonds is 8. The van der Waals surface area contributed by atoms with Gasteiger partial charge in [-0.3, -0.25) is 9.69 Å². The predicted octanol–water partition coefficient (Wildman–Crippen LogP) is 3.45. The van der Waals surface area contributed by atoms with Crippen molar-refractivity contribution in [2.75, 3.05) is 43.5 Å². The Balaban J connectivity index is 0.00000341. The minimum atomic E-state index is 0. The first-order chi connectivity index (χ1) is 14.6. The maximum Gasteiger partial charge on any atom is 0.225 e. The molecule has 0 saturated carbocycles. The molecule has 1 aliphatic heterocycles. The Labute approximate surface area is 201 Å². The van der Waals surface area contributed by atoms with Crippen LogP contribution < -0.4 is 16.4 Å². The van der Waals surface area contributed by atoms with Crippen molar-refractivity contribution >= 4 is 47.2 Å². The van der Waals surface area contributed by atoms with Gasteiger partial charge < -0.3 is 21.1 Å². The molecule has 0 radical (unpaired) electrons. The van der Waals surface area contributed by atoms with E-state index < -0.39 is 0 Å². The molecule has 0 spiro atoms. The Morgan fingerprint density at radius 3 is 2.52 bits per heavy atom. The van der Waals surface area contributed by atoms with Crippen LogP contribution in [-0.2, 0) is 22.5 Å². The fraction of sp³-hybridized carbons (Fsp3) is 0.391. The van der Waals surface area contributed by atoms with Crippen LogP contribution in [0.25, 0.3) is 0 Å². The molecule has 3 rings (SSSR count). The van der Waals surface area contributed by atoms with Crippen molar-refractivity contribution in [3.05, 3.63) is 59.7 Å². The summed E-state index contributed by atoms with van der Waals surface area (Å²) in [5.41, 5.74) is 9.95. The van der Waals surface area contributed by atoms with Crippen LogP contribution in [0.1, 0.15) is 24.5 Å². The minimum absolute atomic E-state index is 0. The summed E-state index contributed by atoms with van der Waals surface area (Å²) in [4.78, 5) is 18.9. The molecule has 168 valence electrons. The number of hydrogen-bond acceptors (Lipinski definition) is 4. The Hall–Kier alpha value is -2.17. The number of aryl methyl sites for hydroxylation is 1. The molecule has 0 bridgehead atoms. The van der Waals surface area contributed by atoms with Gasteiger partial charge in [-0.1, -0.05) is 31.2 Å². The minimum Gasteiger partial charge on any atom is -0.379 e. The molecule has 0 unspecified atom stereocenters. The van der Waals surface area contributed by atoms with Gasteiger partial charge in [-0.25, -0.2) is 4.99 Å². The normalized spacial score (nSPS) is 14.5. The number of guanidine groups is 1. The second-order valence-corrected chi connectivity index (χ2v) is 7.33. The Kier molecular flexibility index (Phi) is 10.8. The lowest BCUT2D eigenvalue weighted by atomic mass is 10.1. The van der Waals surface area contributed by atoms with Crippen LogP contribution in [-0.4, -0.2) is 49.6 Å². The summed E-state index contributed by atoms with van der Waals surface area (Å²) in [6.07, 6.45) is 1.47. The lowest BCUT2D eigenvalue weighted by molar-refractivity contribution is -0.116. The number of carbonyl (C=O) groups is 1. The number of nitrogens with zero attached hydrogens (tertiary/aromatic N) is 2. The van der Waals surface area contributed by atoms with Crippen LogP contribution >= 0.6 is 24.0 Å². The highest BCUT2D eigenvalue weighted by Crippen LogP contribution is 2.13. The first-order valence-electron chi connectivity index (χ1n) is 10.5. The summed E-state index contributed by atoms with van der Waals surface area (Å²) < 4.78 is 5.33. The number of halogens is 1. The number of anilines is 2. The molecule has 0 atom stereocenters. The summed E-state index contributed by atoms with van der Waals surface area (Å²) in [6.45, 7) is 6.57. The molecule has 2 aromatic rings. The zero-order valence-corrected chi connectivity index (χ0v) is 20.3. The molecule has 1 aliphatic rings. The molecule has 1 heterocycles. The van der Waals surface area contributed by atoms with E-state index in [4.69, 9.17) is 10.5 Å². The van der Waals surface area contributed by atoms with E-state index in [1.807, 2.05) is 36.4 Å². The topological polar surface area (TPSA) is 92.0 Å². The Morgan fingerprint density at radius 1 is 1.06 bits per heavy atom. The van der Waals surface area contributed by atoms with Gasteiger partial charge in [0.1, 0.15) is 0 Å². The number of hydrogen-bond donors (Lipinski definition) is 3. The van der Waals surface area contributed by atoms with Crippen LogP contribution in [0.15, 0.2) is 53.5 Å². The van der Waals surface area contributed by atoms with Crippen molar-refractivity contribution in [3.63, 3.8) is 0 Å². The molecule has 1 saturated heterocycles. The number of nitrogens with one attached hydrogen (secondary N) is 2. The maximum absolute atomic E-state index is 12.3. The van der Waals surface area contributed by atoms with E-state index in [9.17, 15) is 4.79 Å². The zero-order valence-electron chi connectivity index (χ0n) is 18.0. The van der Waals surface area contributed by atoms with Crippen LogP contribution in [0.3, 0.4) is 0 Å². The van der Waals surface area contributed by atoms with E-state index in [1.165, 1.54) is 5.56 Å². The monoisotopic (exact) mass is 537 g/mol. The summed E-state index contributed by atoms with van der Waals surface area (Å²) in [7, 11) is 0. The van der Waals surface area contributed by atoms with E-state index in [0.29, 0.717) is 18.9 Å².